The first kappa shape index (κ1) is 11.2. The topological polar surface area (TPSA) is 88.0 Å². The van der Waals surface area contributed by atoms with Crippen LogP contribution < -0.4 is 5.73 Å². The van der Waals surface area contributed by atoms with Gasteiger partial charge in [0, 0.05) is 19.4 Å². The minimum atomic E-state index is -0.409. The third-order valence-corrected chi connectivity index (χ3v) is 2.15. The fourth-order valence-corrected chi connectivity index (χ4v) is 1.43. The maximum Gasteiger partial charge on any atom is 0.341 e. The maximum atomic E-state index is 11.4. The highest BCUT2D eigenvalue weighted by molar-refractivity contribution is 5.88. The lowest BCUT2D eigenvalue weighted by Crippen LogP contribution is -2.03. The van der Waals surface area contributed by atoms with Crippen LogP contribution in [-0.4, -0.2) is 32.1 Å². The normalized spacial score (nSPS) is 10.5. The van der Waals surface area contributed by atoms with E-state index in [1.807, 2.05) is 0 Å². The van der Waals surface area contributed by atoms with Gasteiger partial charge in [0.05, 0.1) is 24.1 Å². The first-order valence-electron chi connectivity index (χ1n) is 5.13. The summed E-state index contributed by atoms with van der Waals surface area (Å²) in [4.78, 5) is 11.4. The van der Waals surface area contributed by atoms with Crippen LogP contribution in [0.5, 0.6) is 0 Å². The number of nitrogen functional groups attached to an aromatic ring is 1. The van der Waals surface area contributed by atoms with E-state index in [-0.39, 0.29) is 0 Å². The first-order valence-corrected chi connectivity index (χ1v) is 5.13. The molecule has 0 radical (unpaired) electrons. The monoisotopic (exact) mass is 235 g/mol. The molecular weight excluding hydrogens is 222 g/mol. The Labute approximate surface area is 97.8 Å². The largest absolute Gasteiger partial charge is 0.462 e. The SMILES string of the molecule is CCOC(=O)c1cnn(-c2nn(C)cc2N)c1. The second-order valence-electron chi connectivity index (χ2n) is 3.48. The van der Waals surface area contributed by atoms with Crippen LogP contribution in [0, 0.1) is 0 Å². The van der Waals surface area contributed by atoms with Crippen LogP contribution in [0.4, 0.5) is 5.69 Å². The Morgan fingerprint density at radius 3 is 2.88 bits per heavy atom. The first-order chi connectivity index (χ1) is 8.11. The Morgan fingerprint density at radius 2 is 2.29 bits per heavy atom. The van der Waals surface area contributed by atoms with E-state index in [0.29, 0.717) is 23.7 Å². The van der Waals surface area contributed by atoms with Gasteiger partial charge in [0.25, 0.3) is 0 Å². The lowest BCUT2D eigenvalue weighted by Gasteiger charge is -1.97. The van der Waals surface area contributed by atoms with E-state index in [0.717, 1.165) is 0 Å². The summed E-state index contributed by atoms with van der Waals surface area (Å²) in [7, 11) is 1.76. The maximum absolute atomic E-state index is 11.4. The highest BCUT2D eigenvalue weighted by Crippen LogP contribution is 2.14. The van der Waals surface area contributed by atoms with Crippen molar-refractivity contribution in [2.75, 3.05) is 12.3 Å². The Hall–Kier alpha value is -2.31. The highest BCUT2D eigenvalue weighted by atomic mass is 16.5. The Morgan fingerprint density at radius 1 is 1.53 bits per heavy atom. The highest BCUT2D eigenvalue weighted by Gasteiger charge is 2.13. The number of nitrogens with zero attached hydrogens (tertiary/aromatic N) is 4. The average Bonchev–Trinajstić information content (AvgIpc) is 2.85. The molecule has 90 valence electrons. The van der Waals surface area contributed by atoms with Gasteiger partial charge in [-0.05, 0) is 6.92 Å². The molecule has 7 heteroatoms. The molecular formula is C10H13N5O2. The van der Waals surface area contributed by atoms with Crippen LogP contribution in [0.3, 0.4) is 0 Å². The zero-order valence-corrected chi connectivity index (χ0v) is 9.62. The molecule has 2 aromatic heterocycles. The van der Waals surface area contributed by atoms with E-state index in [2.05, 4.69) is 10.2 Å². The summed E-state index contributed by atoms with van der Waals surface area (Å²) in [5, 5.41) is 8.16. The number of aromatic nitrogens is 4. The van der Waals surface area contributed by atoms with Crippen molar-refractivity contribution >= 4 is 11.7 Å². The molecule has 2 N–H and O–H groups in total. The molecule has 0 saturated carbocycles. The molecule has 17 heavy (non-hydrogen) atoms. The predicted octanol–water partition coefficient (Wildman–Crippen LogP) is 0.365. The Bertz CT molecular complexity index is 543. The van der Waals surface area contributed by atoms with Crippen molar-refractivity contribution in [1.82, 2.24) is 19.6 Å². The smallest absolute Gasteiger partial charge is 0.341 e. The molecule has 0 spiro atoms. The number of anilines is 1. The molecule has 0 fully saturated rings. The van der Waals surface area contributed by atoms with Crippen molar-refractivity contribution in [3.63, 3.8) is 0 Å². The van der Waals surface area contributed by atoms with Gasteiger partial charge >= 0.3 is 5.97 Å². The van der Waals surface area contributed by atoms with Crippen molar-refractivity contribution in [2.45, 2.75) is 6.92 Å². The van der Waals surface area contributed by atoms with Gasteiger partial charge in [-0.25, -0.2) is 9.48 Å². The third-order valence-electron chi connectivity index (χ3n) is 2.15. The van der Waals surface area contributed by atoms with Crippen LogP contribution in [0.2, 0.25) is 0 Å². The van der Waals surface area contributed by atoms with E-state index in [1.165, 1.54) is 17.1 Å². The molecule has 0 aliphatic rings. The van der Waals surface area contributed by atoms with Crippen LogP contribution in [0.25, 0.3) is 5.82 Å². The van der Waals surface area contributed by atoms with E-state index in [1.54, 1.807) is 24.9 Å². The van der Waals surface area contributed by atoms with Crippen molar-refractivity contribution in [2.24, 2.45) is 7.05 Å². The number of ether oxygens (including phenoxy) is 1. The number of carbonyl (C=O) groups is 1. The van der Waals surface area contributed by atoms with E-state index in [4.69, 9.17) is 10.5 Å². The fourth-order valence-electron chi connectivity index (χ4n) is 1.43. The zero-order chi connectivity index (χ0) is 12.4. The summed E-state index contributed by atoms with van der Waals surface area (Å²) in [5.41, 5.74) is 6.62. The van der Waals surface area contributed by atoms with E-state index >= 15 is 0 Å². The summed E-state index contributed by atoms with van der Waals surface area (Å²) in [5.74, 6) is 0.0799. The van der Waals surface area contributed by atoms with Gasteiger partial charge in [-0.15, -0.1) is 0 Å². The van der Waals surface area contributed by atoms with Gasteiger partial charge in [-0.2, -0.15) is 10.2 Å². The van der Waals surface area contributed by atoms with Crippen LogP contribution >= 0.6 is 0 Å². The average molecular weight is 235 g/mol. The van der Waals surface area contributed by atoms with Gasteiger partial charge in [-0.3, -0.25) is 4.68 Å². The van der Waals surface area contributed by atoms with Crippen molar-refractivity contribution in [3.8, 4) is 5.82 Å². The molecule has 2 aromatic rings. The van der Waals surface area contributed by atoms with Gasteiger partial charge in [0.1, 0.15) is 0 Å². The van der Waals surface area contributed by atoms with Crippen molar-refractivity contribution < 1.29 is 9.53 Å². The summed E-state index contributed by atoms with van der Waals surface area (Å²) >= 11 is 0. The summed E-state index contributed by atoms with van der Waals surface area (Å²) < 4.78 is 7.89. The van der Waals surface area contributed by atoms with Crippen LogP contribution in [-0.2, 0) is 11.8 Å². The molecule has 0 saturated heterocycles. The lowest BCUT2D eigenvalue weighted by molar-refractivity contribution is 0.0526. The fraction of sp³-hybridized carbons (Fsp3) is 0.300. The lowest BCUT2D eigenvalue weighted by atomic mass is 10.4. The minimum Gasteiger partial charge on any atom is -0.462 e. The minimum absolute atomic E-state index is 0.329. The molecule has 0 bridgehead atoms. The molecule has 0 aromatic carbocycles. The molecule has 0 amide bonds. The Balaban J connectivity index is 2.30. The molecule has 2 rings (SSSR count). The molecule has 0 aliphatic carbocycles. The number of carbonyl (C=O) groups excluding carboxylic acids is 1. The van der Waals surface area contributed by atoms with Crippen molar-refractivity contribution in [1.29, 1.82) is 0 Å². The zero-order valence-electron chi connectivity index (χ0n) is 9.62. The quantitative estimate of drug-likeness (QED) is 0.776. The molecule has 2 heterocycles. The number of aryl methyl sites for hydroxylation is 1. The number of hydrogen-bond donors (Lipinski definition) is 1. The molecule has 0 aliphatic heterocycles. The number of rotatable bonds is 3. The Kier molecular flexibility index (Phi) is 2.82. The van der Waals surface area contributed by atoms with Gasteiger partial charge < -0.3 is 10.5 Å². The second kappa shape index (κ2) is 4.28. The summed E-state index contributed by atoms with van der Waals surface area (Å²) in [6.45, 7) is 2.08. The molecule has 7 nitrogen and oxygen atoms in total. The predicted molar refractivity (Wildman–Crippen MR) is 60.7 cm³/mol. The number of nitrogens with two attached hydrogens (primary N) is 1. The third kappa shape index (κ3) is 2.12. The van der Waals surface area contributed by atoms with Gasteiger partial charge in [0.2, 0.25) is 0 Å². The number of hydrogen-bond acceptors (Lipinski definition) is 5. The molecule has 0 unspecified atom stereocenters. The number of esters is 1. The van der Waals surface area contributed by atoms with Crippen molar-refractivity contribution in [3.05, 3.63) is 24.2 Å². The second-order valence-corrected chi connectivity index (χ2v) is 3.48. The van der Waals surface area contributed by atoms with E-state index < -0.39 is 5.97 Å². The van der Waals surface area contributed by atoms with Gasteiger partial charge in [-0.1, -0.05) is 0 Å². The van der Waals surface area contributed by atoms with E-state index in [9.17, 15) is 4.79 Å². The van der Waals surface area contributed by atoms with Crippen LogP contribution in [0.1, 0.15) is 17.3 Å². The van der Waals surface area contributed by atoms with Gasteiger partial charge in [0.15, 0.2) is 5.82 Å². The standard InChI is InChI=1S/C10H13N5O2/c1-3-17-10(16)7-4-12-15(5-7)9-8(11)6-14(2)13-9/h4-6H,3,11H2,1-2H3. The molecule has 0 atom stereocenters. The summed E-state index contributed by atoms with van der Waals surface area (Å²) in [6, 6.07) is 0. The summed E-state index contributed by atoms with van der Waals surface area (Å²) in [6.07, 6.45) is 4.63. The van der Waals surface area contributed by atoms with Crippen LogP contribution in [0.15, 0.2) is 18.6 Å².